The monoisotopic (exact) mass is 429 g/mol. The standard InChI is InChI=1S/C21H14Cl2FN3O2/c22-14-6-8-19(16(23)12-14)29-20-4-1-3-18(27-20)13-5-7-17(24)15(11-13)21(28)26-10-2-9-25/h1,3-8,11-12H,2,10H2,(H,26,28). The predicted molar refractivity (Wildman–Crippen MR) is 109 cm³/mol. The molecule has 146 valence electrons. The van der Waals surface area contributed by atoms with Crippen molar-refractivity contribution in [3.05, 3.63) is 76.0 Å². The number of benzene rings is 2. The molecule has 0 spiro atoms. The Morgan fingerprint density at radius 3 is 2.76 bits per heavy atom. The number of nitrogens with one attached hydrogen (secondary N) is 1. The van der Waals surface area contributed by atoms with Crippen LogP contribution in [0.2, 0.25) is 10.0 Å². The molecule has 0 aliphatic heterocycles. The molecular formula is C21H14Cl2FN3O2. The normalized spacial score (nSPS) is 10.3. The van der Waals surface area contributed by atoms with E-state index in [0.29, 0.717) is 27.1 Å². The third-order valence-corrected chi connectivity index (χ3v) is 4.39. The van der Waals surface area contributed by atoms with E-state index in [4.69, 9.17) is 33.2 Å². The molecule has 0 fully saturated rings. The van der Waals surface area contributed by atoms with Gasteiger partial charge in [0.2, 0.25) is 5.88 Å². The maximum Gasteiger partial charge on any atom is 0.254 e. The summed E-state index contributed by atoms with van der Waals surface area (Å²) in [6.45, 7) is 0.141. The first-order valence-corrected chi connectivity index (χ1v) is 9.28. The van der Waals surface area contributed by atoms with Gasteiger partial charge in [0.15, 0.2) is 0 Å². The zero-order valence-corrected chi connectivity index (χ0v) is 16.5. The van der Waals surface area contributed by atoms with E-state index in [1.807, 2.05) is 6.07 Å². The number of amides is 1. The maximum absolute atomic E-state index is 14.1. The molecule has 1 heterocycles. The Morgan fingerprint density at radius 1 is 1.17 bits per heavy atom. The van der Waals surface area contributed by atoms with Gasteiger partial charge in [0, 0.05) is 23.2 Å². The lowest BCUT2D eigenvalue weighted by Crippen LogP contribution is -2.25. The summed E-state index contributed by atoms with van der Waals surface area (Å²) in [4.78, 5) is 16.6. The van der Waals surface area contributed by atoms with E-state index in [9.17, 15) is 9.18 Å². The van der Waals surface area contributed by atoms with Crippen LogP contribution in [-0.4, -0.2) is 17.4 Å². The highest BCUT2D eigenvalue weighted by molar-refractivity contribution is 6.35. The van der Waals surface area contributed by atoms with Crippen molar-refractivity contribution < 1.29 is 13.9 Å². The summed E-state index contributed by atoms with van der Waals surface area (Å²) >= 11 is 12.0. The second-order valence-corrected chi connectivity index (χ2v) is 6.74. The minimum absolute atomic E-state index is 0.130. The highest BCUT2D eigenvalue weighted by atomic mass is 35.5. The van der Waals surface area contributed by atoms with Crippen molar-refractivity contribution in [2.24, 2.45) is 0 Å². The molecule has 1 amide bonds. The lowest BCUT2D eigenvalue weighted by atomic mass is 10.1. The van der Waals surface area contributed by atoms with E-state index in [1.54, 1.807) is 36.4 Å². The number of aromatic nitrogens is 1. The fourth-order valence-corrected chi connectivity index (χ4v) is 2.94. The largest absolute Gasteiger partial charge is 0.437 e. The van der Waals surface area contributed by atoms with Crippen LogP contribution in [0.3, 0.4) is 0 Å². The fourth-order valence-electron chi connectivity index (χ4n) is 2.49. The molecule has 0 atom stereocenters. The van der Waals surface area contributed by atoms with Crippen LogP contribution in [0.5, 0.6) is 11.6 Å². The van der Waals surface area contributed by atoms with Crippen molar-refractivity contribution in [1.82, 2.24) is 10.3 Å². The number of carbonyl (C=O) groups is 1. The minimum atomic E-state index is -0.663. The van der Waals surface area contributed by atoms with E-state index in [2.05, 4.69) is 10.3 Å². The van der Waals surface area contributed by atoms with Crippen molar-refractivity contribution >= 4 is 29.1 Å². The zero-order chi connectivity index (χ0) is 20.8. The number of hydrogen-bond donors (Lipinski definition) is 1. The SMILES string of the molecule is N#CCCNC(=O)c1cc(-c2cccc(Oc3ccc(Cl)cc3Cl)n2)ccc1F. The van der Waals surface area contributed by atoms with E-state index >= 15 is 0 Å². The lowest BCUT2D eigenvalue weighted by Gasteiger charge is -2.10. The number of rotatable bonds is 6. The number of nitrogens with zero attached hydrogens (tertiary/aromatic N) is 2. The number of carbonyl (C=O) groups excluding carboxylic acids is 1. The summed E-state index contributed by atoms with van der Waals surface area (Å²) in [7, 11) is 0. The average molecular weight is 430 g/mol. The van der Waals surface area contributed by atoms with Gasteiger partial charge in [-0.05, 0) is 42.5 Å². The van der Waals surface area contributed by atoms with Crippen LogP contribution >= 0.6 is 23.2 Å². The Bertz CT molecular complexity index is 1100. The molecule has 1 N–H and O–H groups in total. The topological polar surface area (TPSA) is 75.0 Å². The predicted octanol–water partition coefficient (Wildman–Crippen LogP) is 5.63. The summed E-state index contributed by atoms with van der Waals surface area (Å²) < 4.78 is 19.8. The van der Waals surface area contributed by atoms with Gasteiger partial charge in [0.05, 0.1) is 28.8 Å². The molecule has 0 saturated heterocycles. The highest BCUT2D eigenvalue weighted by Gasteiger charge is 2.14. The highest BCUT2D eigenvalue weighted by Crippen LogP contribution is 2.31. The zero-order valence-electron chi connectivity index (χ0n) is 15.0. The van der Waals surface area contributed by atoms with E-state index < -0.39 is 11.7 Å². The maximum atomic E-state index is 14.1. The molecule has 0 aliphatic carbocycles. The Hall–Kier alpha value is -3.14. The molecule has 29 heavy (non-hydrogen) atoms. The summed E-state index contributed by atoms with van der Waals surface area (Å²) in [6, 6.07) is 15.9. The molecule has 0 saturated carbocycles. The first-order chi connectivity index (χ1) is 14.0. The molecule has 0 bridgehead atoms. The number of ether oxygens (including phenoxy) is 1. The molecule has 1 aromatic heterocycles. The van der Waals surface area contributed by atoms with Gasteiger partial charge >= 0.3 is 0 Å². The first kappa shape index (κ1) is 20.6. The quantitative estimate of drug-likeness (QED) is 0.515. The van der Waals surface area contributed by atoms with Crippen molar-refractivity contribution in [1.29, 1.82) is 5.26 Å². The van der Waals surface area contributed by atoms with Crippen LogP contribution in [0.25, 0.3) is 11.3 Å². The van der Waals surface area contributed by atoms with Crippen LogP contribution in [0, 0.1) is 17.1 Å². The van der Waals surface area contributed by atoms with E-state index in [-0.39, 0.29) is 24.4 Å². The van der Waals surface area contributed by atoms with Gasteiger partial charge in [-0.3, -0.25) is 4.79 Å². The van der Waals surface area contributed by atoms with Crippen molar-refractivity contribution in [3.63, 3.8) is 0 Å². The van der Waals surface area contributed by atoms with Gasteiger partial charge in [-0.15, -0.1) is 0 Å². The van der Waals surface area contributed by atoms with Gasteiger partial charge in [-0.25, -0.2) is 9.37 Å². The van der Waals surface area contributed by atoms with Gasteiger partial charge in [0.25, 0.3) is 5.91 Å². The second-order valence-electron chi connectivity index (χ2n) is 5.90. The summed E-state index contributed by atoms with van der Waals surface area (Å²) in [5.74, 6) is -0.600. The molecule has 8 heteroatoms. The van der Waals surface area contributed by atoms with Crippen LogP contribution < -0.4 is 10.1 Å². The Labute approximate surface area is 176 Å². The van der Waals surface area contributed by atoms with Gasteiger partial charge in [0.1, 0.15) is 11.6 Å². The second kappa shape index (κ2) is 9.37. The molecule has 0 aliphatic rings. The summed E-state index contributed by atoms with van der Waals surface area (Å²) in [5, 5.41) is 11.9. The van der Waals surface area contributed by atoms with Crippen molar-refractivity contribution in [2.75, 3.05) is 6.54 Å². The molecule has 2 aromatic carbocycles. The molecule has 0 unspecified atom stereocenters. The van der Waals surface area contributed by atoms with E-state index in [0.717, 1.165) is 0 Å². The fraction of sp³-hybridized carbons (Fsp3) is 0.0952. The minimum Gasteiger partial charge on any atom is -0.437 e. The van der Waals surface area contributed by atoms with Crippen LogP contribution in [-0.2, 0) is 0 Å². The van der Waals surface area contributed by atoms with E-state index in [1.165, 1.54) is 18.2 Å². The number of hydrogen-bond acceptors (Lipinski definition) is 4. The van der Waals surface area contributed by atoms with Gasteiger partial charge in [-0.2, -0.15) is 5.26 Å². The Morgan fingerprint density at radius 2 is 2.00 bits per heavy atom. The molecular weight excluding hydrogens is 416 g/mol. The van der Waals surface area contributed by atoms with Crippen LogP contribution in [0.15, 0.2) is 54.6 Å². The van der Waals surface area contributed by atoms with Gasteiger partial charge in [-0.1, -0.05) is 29.3 Å². The molecule has 3 rings (SSSR count). The smallest absolute Gasteiger partial charge is 0.254 e. The number of pyridine rings is 1. The number of nitriles is 1. The third kappa shape index (κ3) is 5.23. The van der Waals surface area contributed by atoms with Crippen LogP contribution in [0.1, 0.15) is 16.8 Å². The summed E-state index contributed by atoms with van der Waals surface area (Å²) in [5.41, 5.74) is 0.887. The third-order valence-electron chi connectivity index (χ3n) is 3.86. The molecule has 3 aromatic rings. The van der Waals surface area contributed by atoms with Crippen LogP contribution in [0.4, 0.5) is 4.39 Å². The average Bonchev–Trinajstić information content (AvgIpc) is 2.71. The Balaban J connectivity index is 1.86. The first-order valence-electron chi connectivity index (χ1n) is 8.53. The molecule has 0 radical (unpaired) electrons. The molecule has 5 nitrogen and oxygen atoms in total. The number of halogens is 3. The summed E-state index contributed by atoms with van der Waals surface area (Å²) in [6.07, 6.45) is 0.140. The van der Waals surface area contributed by atoms with Gasteiger partial charge < -0.3 is 10.1 Å². The lowest BCUT2D eigenvalue weighted by molar-refractivity contribution is 0.0950. The van der Waals surface area contributed by atoms with Crippen molar-refractivity contribution in [2.45, 2.75) is 6.42 Å². The van der Waals surface area contributed by atoms with Crippen molar-refractivity contribution in [3.8, 4) is 29.0 Å². The Kier molecular flexibility index (Phi) is 6.65.